The van der Waals surface area contributed by atoms with E-state index in [1.165, 1.54) is 0 Å². The number of hydrogen-bond acceptors (Lipinski definition) is 2. The van der Waals surface area contributed by atoms with Crippen LogP contribution in [-0.2, 0) is 0 Å². The van der Waals surface area contributed by atoms with Crippen molar-refractivity contribution in [3.63, 3.8) is 0 Å². The van der Waals surface area contributed by atoms with Gasteiger partial charge < -0.3 is 0 Å². The molecule has 0 amide bonds. The quantitative estimate of drug-likeness (QED) is 0.236. The topological polar surface area (TPSA) is 34.4 Å². The van der Waals surface area contributed by atoms with E-state index < -0.39 is 0 Å². The fraction of sp³-hybridized carbons (Fsp3) is 0. The largest absolute Gasteiger partial charge is 0.268 e. The average molecular weight is 530 g/mol. The lowest BCUT2D eigenvalue weighted by molar-refractivity contribution is 1.15. The normalized spacial score (nSPS) is 11.7. The van der Waals surface area contributed by atoms with Gasteiger partial charge in [-0.25, -0.2) is 4.98 Å². The zero-order chi connectivity index (χ0) is 21.1. The molecule has 2 heterocycles. The third kappa shape index (κ3) is 2.84. The number of hydrogen-bond donors (Lipinski definition) is 0. The molecule has 2 aromatic heterocycles. The monoisotopic (exact) mass is 528 g/mol. The lowest BCUT2D eigenvalue weighted by atomic mass is 10.0. The van der Waals surface area contributed by atoms with E-state index >= 15 is 0 Å². The van der Waals surface area contributed by atoms with Crippen molar-refractivity contribution in [1.82, 2.24) is 9.38 Å². The van der Waals surface area contributed by atoms with Crippen LogP contribution in [0.25, 0.3) is 49.7 Å². The van der Waals surface area contributed by atoms with Crippen LogP contribution in [0.5, 0.6) is 0 Å². The molecule has 4 aromatic carbocycles. The second-order valence-corrected chi connectivity index (χ2v) is 9.33. The molecule has 0 aliphatic carbocycles. The summed E-state index contributed by atoms with van der Waals surface area (Å²) in [5, 5.41) is 3.71. The molecule has 148 valence electrons. The Morgan fingerprint density at radius 1 is 0.677 bits per heavy atom. The van der Waals surface area contributed by atoms with Gasteiger partial charge in [-0.2, -0.15) is 0 Å². The Bertz CT molecular complexity index is 1650. The first-order valence-corrected chi connectivity index (χ1v) is 11.4. The molecule has 0 unspecified atom stereocenters. The van der Waals surface area contributed by atoms with Crippen LogP contribution in [0.15, 0.2) is 98.7 Å². The molecule has 0 saturated carbocycles. The SMILES string of the molecule is O=c1c2cccc3cccc(c32)c2nc(-c3ccc(Br)cc3)c(-c3ccc(Br)cc3)n12. The summed E-state index contributed by atoms with van der Waals surface area (Å²) in [6.45, 7) is 0. The Balaban J connectivity index is 1.84. The molecule has 0 aliphatic rings. The second kappa shape index (κ2) is 7.01. The summed E-state index contributed by atoms with van der Waals surface area (Å²) in [6.07, 6.45) is 0. The molecule has 0 fully saturated rings. The van der Waals surface area contributed by atoms with Gasteiger partial charge in [-0.3, -0.25) is 9.20 Å². The number of fused-ring (bicyclic) bond motifs is 2. The van der Waals surface area contributed by atoms with Crippen molar-refractivity contribution in [2.45, 2.75) is 0 Å². The summed E-state index contributed by atoms with van der Waals surface area (Å²) >= 11 is 7.02. The van der Waals surface area contributed by atoms with E-state index in [0.717, 1.165) is 47.6 Å². The minimum Gasteiger partial charge on any atom is -0.268 e. The number of aromatic nitrogens is 2. The van der Waals surface area contributed by atoms with Gasteiger partial charge in [0.15, 0.2) is 0 Å². The van der Waals surface area contributed by atoms with Crippen LogP contribution < -0.4 is 5.56 Å². The fourth-order valence-electron chi connectivity index (χ4n) is 4.31. The molecule has 31 heavy (non-hydrogen) atoms. The van der Waals surface area contributed by atoms with Crippen LogP contribution in [0.2, 0.25) is 0 Å². The molecule has 6 rings (SSSR count). The maximum atomic E-state index is 13.8. The van der Waals surface area contributed by atoms with E-state index in [1.54, 1.807) is 4.40 Å². The minimum atomic E-state index is -0.0481. The Morgan fingerprint density at radius 2 is 1.26 bits per heavy atom. The van der Waals surface area contributed by atoms with E-state index in [1.807, 2.05) is 84.9 Å². The first-order chi connectivity index (χ1) is 15.1. The van der Waals surface area contributed by atoms with Crippen LogP contribution in [0.4, 0.5) is 0 Å². The smallest absolute Gasteiger partial charge is 0.264 e. The summed E-state index contributed by atoms with van der Waals surface area (Å²) < 4.78 is 3.76. The highest BCUT2D eigenvalue weighted by molar-refractivity contribution is 9.10. The van der Waals surface area contributed by atoms with Gasteiger partial charge in [0.05, 0.1) is 11.4 Å². The van der Waals surface area contributed by atoms with Crippen LogP contribution in [0.3, 0.4) is 0 Å². The van der Waals surface area contributed by atoms with Crippen molar-refractivity contribution in [3.8, 4) is 22.5 Å². The molecule has 3 nitrogen and oxygen atoms in total. The zero-order valence-corrected chi connectivity index (χ0v) is 19.3. The average Bonchev–Trinajstić information content (AvgIpc) is 3.19. The van der Waals surface area contributed by atoms with E-state index in [0.29, 0.717) is 11.0 Å². The van der Waals surface area contributed by atoms with Crippen LogP contribution in [0.1, 0.15) is 0 Å². The molecule has 0 atom stereocenters. The van der Waals surface area contributed by atoms with Crippen LogP contribution >= 0.6 is 31.9 Å². The Morgan fingerprint density at radius 3 is 1.90 bits per heavy atom. The molecule has 5 heteroatoms. The number of nitrogens with zero attached hydrogens (tertiary/aromatic N) is 2. The fourth-order valence-corrected chi connectivity index (χ4v) is 4.84. The summed E-state index contributed by atoms with van der Waals surface area (Å²) in [6, 6.07) is 28.1. The summed E-state index contributed by atoms with van der Waals surface area (Å²) in [5.74, 6) is 0. The van der Waals surface area contributed by atoms with Gasteiger partial charge in [0.1, 0.15) is 5.65 Å². The highest BCUT2D eigenvalue weighted by Crippen LogP contribution is 2.36. The predicted octanol–water partition coefficient (Wildman–Crippen LogP) is 7.30. The standard InChI is InChI=1S/C26H14Br2N2O/c27-18-11-7-16(8-12-18)23-24(17-9-13-19(28)14-10-17)30-25(29-23)20-5-1-3-15-4-2-6-21(22(15)20)26(30)31/h1-14H. The minimum absolute atomic E-state index is 0.0481. The second-order valence-electron chi connectivity index (χ2n) is 7.50. The number of pyridine rings is 1. The van der Waals surface area contributed by atoms with Crippen molar-refractivity contribution in [1.29, 1.82) is 0 Å². The summed E-state index contributed by atoms with van der Waals surface area (Å²) in [7, 11) is 0. The summed E-state index contributed by atoms with van der Waals surface area (Å²) in [5.41, 5.74) is 4.15. The predicted molar refractivity (Wildman–Crippen MR) is 134 cm³/mol. The van der Waals surface area contributed by atoms with Crippen molar-refractivity contribution in [2.24, 2.45) is 0 Å². The molecule has 0 aliphatic heterocycles. The zero-order valence-electron chi connectivity index (χ0n) is 16.1. The highest BCUT2D eigenvalue weighted by Gasteiger charge is 2.21. The molecule has 0 saturated heterocycles. The molecular formula is C26H14Br2N2O. The van der Waals surface area contributed by atoms with E-state index in [4.69, 9.17) is 4.98 Å². The maximum Gasteiger partial charge on any atom is 0.264 e. The molecular weight excluding hydrogens is 516 g/mol. The van der Waals surface area contributed by atoms with Crippen molar-refractivity contribution in [3.05, 3.63) is 104 Å². The van der Waals surface area contributed by atoms with E-state index in [-0.39, 0.29) is 5.56 Å². The van der Waals surface area contributed by atoms with Gasteiger partial charge in [0, 0.05) is 36.2 Å². The first-order valence-electron chi connectivity index (χ1n) is 9.83. The van der Waals surface area contributed by atoms with Gasteiger partial charge in [-0.05, 0) is 35.7 Å². The lowest BCUT2D eigenvalue weighted by Crippen LogP contribution is -2.14. The third-order valence-electron chi connectivity index (χ3n) is 5.69. The van der Waals surface area contributed by atoms with Gasteiger partial charge in [-0.1, -0.05) is 86.5 Å². The molecule has 0 radical (unpaired) electrons. The Kier molecular flexibility index (Phi) is 4.23. The van der Waals surface area contributed by atoms with Gasteiger partial charge in [0.2, 0.25) is 0 Å². The van der Waals surface area contributed by atoms with Crippen molar-refractivity contribution in [2.75, 3.05) is 0 Å². The van der Waals surface area contributed by atoms with Crippen LogP contribution in [0, 0.1) is 0 Å². The molecule has 0 bridgehead atoms. The number of imidazole rings is 1. The molecule has 6 aromatic rings. The van der Waals surface area contributed by atoms with Gasteiger partial charge in [0.25, 0.3) is 5.56 Å². The first kappa shape index (κ1) is 18.7. The number of rotatable bonds is 2. The van der Waals surface area contributed by atoms with Crippen molar-refractivity contribution < 1.29 is 0 Å². The lowest BCUT2D eigenvalue weighted by Gasteiger charge is -2.09. The number of benzene rings is 4. The van der Waals surface area contributed by atoms with E-state index in [9.17, 15) is 4.79 Å². The molecule has 0 spiro atoms. The van der Waals surface area contributed by atoms with Crippen LogP contribution in [-0.4, -0.2) is 9.38 Å². The Hall–Kier alpha value is -3.02. The summed E-state index contributed by atoms with van der Waals surface area (Å²) in [4.78, 5) is 18.8. The number of halogens is 2. The van der Waals surface area contributed by atoms with Gasteiger partial charge >= 0.3 is 0 Å². The van der Waals surface area contributed by atoms with E-state index in [2.05, 4.69) is 31.9 Å². The maximum absolute atomic E-state index is 13.8. The van der Waals surface area contributed by atoms with Gasteiger partial charge in [-0.15, -0.1) is 0 Å². The highest BCUT2D eigenvalue weighted by atomic mass is 79.9. The Labute approximate surface area is 194 Å². The molecule has 0 N–H and O–H groups in total. The third-order valence-corrected chi connectivity index (χ3v) is 6.75. The van der Waals surface area contributed by atoms with Crippen molar-refractivity contribution >= 4 is 59.1 Å².